The van der Waals surface area contributed by atoms with E-state index in [1.54, 1.807) is 42.5 Å². The van der Waals surface area contributed by atoms with Gasteiger partial charge in [-0.1, -0.05) is 40.9 Å². The minimum absolute atomic E-state index is 0.142. The second-order valence-electron chi connectivity index (χ2n) is 7.59. The lowest BCUT2D eigenvalue weighted by Crippen LogP contribution is -2.54. The van der Waals surface area contributed by atoms with E-state index in [0.717, 1.165) is 4.90 Å². The number of hydrogen-bond acceptors (Lipinski definition) is 5. The van der Waals surface area contributed by atoms with Crippen molar-refractivity contribution in [3.05, 3.63) is 91.3 Å². The van der Waals surface area contributed by atoms with Crippen LogP contribution < -0.4 is 20.3 Å². The van der Waals surface area contributed by atoms with Gasteiger partial charge >= 0.3 is 6.03 Å². The van der Waals surface area contributed by atoms with Crippen molar-refractivity contribution >= 4 is 91.9 Å². The molecule has 1 aliphatic heterocycles. The van der Waals surface area contributed by atoms with Gasteiger partial charge in [0.15, 0.2) is 6.61 Å². The Balaban J connectivity index is 1.48. The van der Waals surface area contributed by atoms with E-state index in [4.69, 9.17) is 39.5 Å². The van der Waals surface area contributed by atoms with Gasteiger partial charge < -0.3 is 10.1 Å². The molecule has 0 radical (unpaired) electrons. The predicted octanol–water partition coefficient (Wildman–Crippen LogP) is 6.09. The molecule has 0 unspecified atom stereocenters. The van der Waals surface area contributed by atoms with Gasteiger partial charge in [-0.15, -0.1) is 0 Å². The number of urea groups is 1. The first-order chi connectivity index (χ1) is 17.6. The zero-order valence-corrected chi connectivity index (χ0v) is 22.4. The van der Waals surface area contributed by atoms with Gasteiger partial charge in [-0.05, 0) is 82.2 Å². The molecular formula is C25H15BrCl3N3O5. The molecular weight excluding hydrogens is 609 g/mol. The van der Waals surface area contributed by atoms with Gasteiger partial charge in [-0.25, -0.2) is 9.69 Å². The van der Waals surface area contributed by atoms with Gasteiger partial charge in [0, 0.05) is 10.7 Å². The Morgan fingerprint density at radius 2 is 1.70 bits per heavy atom. The smallest absolute Gasteiger partial charge is 0.335 e. The lowest BCUT2D eigenvalue weighted by atomic mass is 10.1. The van der Waals surface area contributed by atoms with Crippen LogP contribution in [0.25, 0.3) is 6.08 Å². The third-order valence-corrected chi connectivity index (χ3v) is 6.63. The van der Waals surface area contributed by atoms with E-state index in [1.807, 2.05) is 0 Å². The number of nitrogens with zero attached hydrogens (tertiary/aromatic N) is 1. The highest BCUT2D eigenvalue weighted by Gasteiger charge is 2.37. The summed E-state index contributed by atoms with van der Waals surface area (Å²) in [4.78, 5) is 50.8. The second kappa shape index (κ2) is 11.4. The van der Waals surface area contributed by atoms with Crippen LogP contribution >= 0.6 is 50.7 Å². The van der Waals surface area contributed by atoms with E-state index in [0.29, 0.717) is 26.5 Å². The van der Waals surface area contributed by atoms with E-state index in [-0.39, 0.29) is 33.8 Å². The van der Waals surface area contributed by atoms with Gasteiger partial charge in [0.05, 0.1) is 20.2 Å². The van der Waals surface area contributed by atoms with Crippen molar-refractivity contribution in [2.24, 2.45) is 0 Å². The summed E-state index contributed by atoms with van der Waals surface area (Å²) in [5.74, 6) is -1.69. The number of halogens is 4. The molecule has 2 N–H and O–H groups in total. The van der Waals surface area contributed by atoms with E-state index in [2.05, 4.69) is 26.6 Å². The van der Waals surface area contributed by atoms with Crippen molar-refractivity contribution in [1.29, 1.82) is 0 Å². The first kappa shape index (κ1) is 26.7. The third-order valence-electron chi connectivity index (χ3n) is 5.02. The number of barbiturate groups is 1. The molecule has 4 rings (SSSR count). The Kier molecular flexibility index (Phi) is 8.19. The Morgan fingerprint density at radius 3 is 2.38 bits per heavy atom. The SMILES string of the molecule is O=C(COc1ccc(/C=C2\C(=O)NC(=O)N(c3ccc(Cl)c(Cl)c3)C2=O)cc1Br)Nc1ccc(Cl)cc1. The molecule has 0 saturated carbocycles. The largest absolute Gasteiger partial charge is 0.483 e. The van der Waals surface area contributed by atoms with Gasteiger partial charge in [0.25, 0.3) is 17.7 Å². The fourth-order valence-electron chi connectivity index (χ4n) is 3.28. The minimum atomic E-state index is -0.910. The van der Waals surface area contributed by atoms with Crippen LogP contribution in [-0.2, 0) is 14.4 Å². The van der Waals surface area contributed by atoms with Crippen LogP contribution in [0.15, 0.2) is 70.7 Å². The van der Waals surface area contributed by atoms with Gasteiger partial charge in [-0.3, -0.25) is 19.7 Å². The minimum Gasteiger partial charge on any atom is -0.483 e. The van der Waals surface area contributed by atoms with Crippen LogP contribution in [0, 0.1) is 0 Å². The Morgan fingerprint density at radius 1 is 0.973 bits per heavy atom. The van der Waals surface area contributed by atoms with E-state index < -0.39 is 17.8 Å². The molecule has 8 nitrogen and oxygen atoms in total. The molecule has 1 heterocycles. The molecule has 0 atom stereocenters. The standard InChI is InChI=1S/C25H15BrCl3N3O5/c26-18-10-13(1-8-21(18)37-12-22(33)30-15-4-2-14(27)3-5-15)9-17-23(34)31-25(36)32(24(17)35)16-6-7-19(28)20(29)11-16/h1-11H,12H2,(H,30,33)(H,31,34,36)/b17-9+. The van der Waals surface area contributed by atoms with Crippen molar-refractivity contribution in [3.8, 4) is 5.75 Å². The molecule has 5 amide bonds. The van der Waals surface area contributed by atoms with Crippen molar-refractivity contribution in [2.45, 2.75) is 0 Å². The number of anilines is 2. The van der Waals surface area contributed by atoms with Gasteiger partial charge in [0.2, 0.25) is 0 Å². The van der Waals surface area contributed by atoms with Crippen LogP contribution in [0.5, 0.6) is 5.75 Å². The van der Waals surface area contributed by atoms with Crippen LogP contribution in [0.4, 0.5) is 16.2 Å². The maximum Gasteiger partial charge on any atom is 0.335 e. The van der Waals surface area contributed by atoms with Crippen LogP contribution in [-0.4, -0.2) is 30.4 Å². The Hall–Kier alpha value is -3.37. The molecule has 188 valence electrons. The van der Waals surface area contributed by atoms with Crippen molar-refractivity contribution in [3.63, 3.8) is 0 Å². The fourth-order valence-corrected chi connectivity index (χ4v) is 4.21. The van der Waals surface area contributed by atoms with Gasteiger partial charge in [-0.2, -0.15) is 0 Å². The van der Waals surface area contributed by atoms with Crippen molar-refractivity contribution in [2.75, 3.05) is 16.8 Å². The summed E-state index contributed by atoms with van der Waals surface area (Å²) in [5.41, 5.74) is 0.917. The summed E-state index contributed by atoms with van der Waals surface area (Å²) in [6.07, 6.45) is 1.33. The molecule has 3 aromatic carbocycles. The highest BCUT2D eigenvalue weighted by Crippen LogP contribution is 2.31. The van der Waals surface area contributed by atoms with E-state index >= 15 is 0 Å². The number of hydrogen-bond donors (Lipinski definition) is 2. The lowest BCUT2D eigenvalue weighted by Gasteiger charge is -2.26. The van der Waals surface area contributed by atoms with Crippen molar-refractivity contribution in [1.82, 2.24) is 5.32 Å². The summed E-state index contributed by atoms with van der Waals surface area (Å²) >= 11 is 21.1. The molecule has 0 bridgehead atoms. The van der Waals surface area contributed by atoms with Crippen LogP contribution in [0.1, 0.15) is 5.56 Å². The summed E-state index contributed by atoms with van der Waals surface area (Å²) in [5, 5.41) is 5.76. The number of ether oxygens (including phenoxy) is 1. The number of amides is 5. The van der Waals surface area contributed by atoms with Crippen LogP contribution in [0.3, 0.4) is 0 Å². The summed E-state index contributed by atoms with van der Waals surface area (Å²) in [7, 11) is 0. The molecule has 0 spiro atoms. The average Bonchev–Trinajstić information content (AvgIpc) is 2.84. The van der Waals surface area contributed by atoms with E-state index in [1.165, 1.54) is 24.3 Å². The quantitative estimate of drug-likeness (QED) is 0.255. The predicted molar refractivity (Wildman–Crippen MR) is 145 cm³/mol. The number of imide groups is 2. The van der Waals surface area contributed by atoms with Gasteiger partial charge in [0.1, 0.15) is 11.3 Å². The summed E-state index contributed by atoms with van der Waals surface area (Å²) in [6.45, 7) is -0.261. The fraction of sp³-hybridized carbons (Fsp3) is 0.0400. The molecule has 1 aliphatic rings. The number of carbonyl (C=O) groups is 4. The highest BCUT2D eigenvalue weighted by atomic mass is 79.9. The Bertz CT molecular complexity index is 1460. The first-order valence-electron chi connectivity index (χ1n) is 10.5. The number of carbonyl (C=O) groups excluding carboxylic acids is 4. The zero-order chi connectivity index (χ0) is 26.7. The Labute approximate surface area is 234 Å². The monoisotopic (exact) mass is 621 g/mol. The summed E-state index contributed by atoms with van der Waals surface area (Å²) < 4.78 is 6.04. The number of rotatable bonds is 6. The maximum absolute atomic E-state index is 13.1. The molecule has 1 fully saturated rings. The van der Waals surface area contributed by atoms with Crippen LogP contribution in [0.2, 0.25) is 15.1 Å². The van der Waals surface area contributed by atoms with Crippen molar-refractivity contribution < 1.29 is 23.9 Å². The summed E-state index contributed by atoms with van der Waals surface area (Å²) in [6, 6.07) is 14.7. The third kappa shape index (κ3) is 6.31. The zero-order valence-electron chi connectivity index (χ0n) is 18.6. The molecule has 12 heteroatoms. The average molecular weight is 624 g/mol. The molecule has 3 aromatic rings. The topological polar surface area (TPSA) is 105 Å². The lowest BCUT2D eigenvalue weighted by molar-refractivity contribution is -0.122. The molecule has 37 heavy (non-hydrogen) atoms. The molecule has 0 aromatic heterocycles. The first-order valence-corrected chi connectivity index (χ1v) is 12.4. The highest BCUT2D eigenvalue weighted by molar-refractivity contribution is 9.10. The number of benzene rings is 3. The van der Waals surface area contributed by atoms with E-state index in [9.17, 15) is 19.2 Å². The normalized spacial score (nSPS) is 14.5. The molecule has 1 saturated heterocycles. The molecule has 0 aliphatic carbocycles. The maximum atomic E-state index is 13.1. The second-order valence-corrected chi connectivity index (χ2v) is 9.70. The number of nitrogens with one attached hydrogen (secondary N) is 2.